The van der Waals surface area contributed by atoms with Crippen LogP contribution in [0.3, 0.4) is 0 Å². The van der Waals surface area contributed by atoms with Gasteiger partial charge in [0.25, 0.3) is 0 Å². The molecule has 0 bridgehead atoms. The van der Waals surface area contributed by atoms with E-state index >= 15 is 0 Å². The number of halogens is 1. The van der Waals surface area contributed by atoms with Gasteiger partial charge in [-0.05, 0) is 36.7 Å². The van der Waals surface area contributed by atoms with Crippen molar-refractivity contribution in [3.8, 4) is 0 Å². The van der Waals surface area contributed by atoms with Crippen LogP contribution in [0.25, 0.3) is 0 Å². The minimum Gasteiger partial charge on any atom is -0.293 e. The summed E-state index contributed by atoms with van der Waals surface area (Å²) in [5.74, 6) is 0.0271. The van der Waals surface area contributed by atoms with Crippen molar-refractivity contribution < 1.29 is 4.79 Å². The van der Waals surface area contributed by atoms with Gasteiger partial charge in [0.15, 0.2) is 5.78 Å². The van der Waals surface area contributed by atoms with E-state index < -0.39 is 0 Å². The number of carbonyl (C=O) groups excluding carboxylic acids is 1. The summed E-state index contributed by atoms with van der Waals surface area (Å²) in [6.45, 7) is 7.58. The average molecular weight is 245 g/mol. The Bertz CT molecular complexity index is 336. The summed E-state index contributed by atoms with van der Waals surface area (Å²) in [7, 11) is 0. The Morgan fingerprint density at radius 3 is 2.38 bits per heavy atom. The summed E-state index contributed by atoms with van der Waals surface area (Å²) in [5, 5.41) is 4.16. The lowest BCUT2D eigenvalue weighted by Crippen LogP contribution is -2.26. The van der Waals surface area contributed by atoms with Crippen LogP contribution in [0, 0.1) is 0 Å². The third-order valence-corrected chi connectivity index (χ3v) is 2.27. The molecule has 1 aromatic heterocycles. The summed E-state index contributed by atoms with van der Waals surface area (Å²) in [4.78, 5) is 11.3. The Hall–Kier alpha value is -0.640. The molecular weight excluding hydrogens is 232 g/mol. The zero-order valence-corrected chi connectivity index (χ0v) is 9.84. The molecule has 1 rings (SSSR count). The molecule has 0 atom stereocenters. The second-order valence-corrected chi connectivity index (χ2v) is 4.83. The number of hydrogen-bond donors (Lipinski definition) is 0. The highest BCUT2D eigenvalue weighted by Crippen LogP contribution is 2.23. The van der Waals surface area contributed by atoms with Gasteiger partial charge in [0.2, 0.25) is 0 Å². The molecule has 0 radical (unpaired) electrons. The second kappa shape index (κ2) is 3.25. The Balaban J connectivity index is 3.31. The van der Waals surface area contributed by atoms with Gasteiger partial charge in [-0.25, -0.2) is 0 Å². The Morgan fingerprint density at radius 1 is 1.54 bits per heavy atom. The molecule has 13 heavy (non-hydrogen) atoms. The van der Waals surface area contributed by atoms with Crippen molar-refractivity contribution in [2.45, 2.75) is 33.2 Å². The normalized spacial score (nSPS) is 11.8. The maximum atomic E-state index is 11.3. The third kappa shape index (κ3) is 1.99. The first-order chi connectivity index (χ1) is 5.84. The van der Waals surface area contributed by atoms with Gasteiger partial charge in [0.1, 0.15) is 5.69 Å². The number of ketones is 1. The predicted octanol–water partition coefficient (Wildman–Crippen LogP) is 2.60. The fraction of sp³-hybridized carbons (Fsp3) is 0.556. The van der Waals surface area contributed by atoms with Gasteiger partial charge >= 0.3 is 0 Å². The van der Waals surface area contributed by atoms with Crippen LogP contribution in [0.2, 0.25) is 0 Å². The van der Waals surface area contributed by atoms with E-state index in [1.54, 1.807) is 17.8 Å². The molecule has 0 fully saturated rings. The maximum Gasteiger partial charge on any atom is 0.178 e. The van der Waals surface area contributed by atoms with Gasteiger partial charge in [-0.15, -0.1) is 0 Å². The highest BCUT2D eigenvalue weighted by atomic mass is 79.9. The SMILES string of the molecule is CC(=O)c1c(Br)cnn1C(C)(C)C. The van der Waals surface area contributed by atoms with E-state index in [-0.39, 0.29) is 11.3 Å². The molecule has 1 heterocycles. The monoisotopic (exact) mass is 244 g/mol. The highest BCUT2D eigenvalue weighted by Gasteiger charge is 2.22. The largest absolute Gasteiger partial charge is 0.293 e. The minimum atomic E-state index is -0.160. The molecule has 0 aliphatic heterocycles. The first-order valence-electron chi connectivity index (χ1n) is 4.09. The molecule has 0 saturated carbocycles. The van der Waals surface area contributed by atoms with E-state index in [0.717, 1.165) is 4.47 Å². The van der Waals surface area contributed by atoms with E-state index in [0.29, 0.717) is 5.69 Å². The Morgan fingerprint density at radius 2 is 2.08 bits per heavy atom. The quantitative estimate of drug-likeness (QED) is 0.713. The van der Waals surface area contributed by atoms with Crippen LogP contribution < -0.4 is 0 Å². The minimum absolute atomic E-state index is 0.0271. The van der Waals surface area contributed by atoms with Crippen molar-refractivity contribution in [3.05, 3.63) is 16.4 Å². The van der Waals surface area contributed by atoms with Crippen molar-refractivity contribution >= 4 is 21.7 Å². The van der Waals surface area contributed by atoms with E-state index in [4.69, 9.17) is 0 Å². The summed E-state index contributed by atoms with van der Waals surface area (Å²) in [5.41, 5.74) is 0.472. The fourth-order valence-electron chi connectivity index (χ4n) is 1.15. The molecule has 0 saturated heterocycles. The molecule has 0 aliphatic carbocycles. The molecule has 4 heteroatoms. The number of aromatic nitrogens is 2. The topological polar surface area (TPSA) is 34.9 Å². The van der Waals surface area contributed by atoms with E-state index in [1.165, 1.54) is 0 Å². The van der Waals surface area contributed by atoms with E-state index in [9.17, 15) is 4.79 Å². The van der Waals surface area contributed by atoms with Crippen molar-refractivity contribution in [1.29, 1.82) is 0 Å². The van der Waals surface area contributed by atoms with Crippen molar-refractivity contribution in [1.82, 2.24) is 9.78 Å². The highest BCUT2D eigenvalue weighted by molar-refractivity contribution is 9.10. The standard InChI is InChI=1S/C9H13BrN2O/c1-6(13)8-7(10)5-11-12(8)9(2,3)4/h5H,1-4H3. The lowest BCUT2D eigenvalue weighted by molar-refractivity contribution is 0.0995. The fourth-order valence-corrected chi connectivity index (χ4v) is 1.69. The van der Waals surface area contributed by atoms with Crippen molar-refractivity contribution in [2.24, 2.45) is 0 Å². The zero-order chi connectivity index (χ0) is 10.2. The van der Waals surface area contributed by atoms with Crippen LogP contribution in [-0.4, -0.2) is 15.6 Å². The number of carbonyl (C=O) groups is 1. The lowest BCUT2D eigenvalue weighted by atomic mass is 10.1. The van der Waals surface area contributed by atoms with Crippen molar-refractivity contribution in [2.75, 3.05) is 0 Å². The first kappa shape index (κ1) is 10.4. The van der Waals surface area contributed by atoms with Gasteiger partial charge in [-0.3, -0.25) is 9.48 Å². The van der Waals surface area contributed by atoms with Crippen LogP contribution >= 0.6 is 15.9 Å². The number of nitrogens with zero attached hydrogens (tertiary/aromatic N) is 2. The van der Waals surface area contributed by atoms with Gasteiger partial charge in [-0.1, -0.05) is 0 Å². The van der Waals surface area contributed by atoms with Gasteiger partial charge in [0, 0.05) is 6.92 Å². The molecular formula is C9H13BrN2O. The summed E-state index contributed by atoms with van der Waals surface area (Å²) >= 11 is 3.31. The lowest BCUT2D eigenvalue weighted by Gasteiger charge is -2.21. The van der Waals surface area contributed by atoms with Crippen LogP contribution in [-0.2, 0) is 5.54 Å². The Kier molecular flexibility index (Phi) is 2.61. The summed E-state index contributed by atoms with van der Waals surface area (Å²) < 4.78 is 2.49. The molecule has 72 valence electrons. The molecule has 0 amide bonds. The van der Waals surface area contributed by atoms with Crippen LogP contribution in [0.1, 0.15) is 38.2 Å². The van der Waals surface area contributed by atoms with E-state index in [1.807, 2.05) is 20.8 Å². The maximum absolute atomic E-state index is 11.3. The molecule has 0 aliphatic rings. The number of Topliss-reactive ketones (excluding diaryl/α,β-unsaturated/α-hetero) is 1. The van der Waals surface area contributed by atoms with Crippen LogP contribution in [0.5, 0.6) is 0 Å². The molecule has 0 spiro atoms. The average Bonchev–Trinajstić information content (AvgIpc) is 2.28. The third-order valence-electron chi connectivity index (χ3n) is 1.69. The number of rotatable bonds is 1. The summed E-state index contributed by atoms with van der Waals surface area (Å²) in [6, 6.07) is 0. The first-order valence-corrected chi connectivity index (χ1v) is 4.88. The van der Waals surface area contributed by atoms with Crippen LogP contribution in [0.4, 0.5) is 0 Å². The van der Waals surface area contributed by atoms with Crippen LogP contribution in [0.15, 0.2) is 10.7 Å². The van der Waals surface area contributed by atoms with Gasteiger partial charge in [0.05, 0.1) is 16.2 Å². The Labute approximate surface area is 86.3 Å². The zero-order valence-electron chi connectivity index (χ0n) is 8.26. The smallest absolute Gasteiger partial charge is 0.178 e. The van der Waals surface area contributed by atoms with Crippen molar-refractivity contribution in [3.63, 3.8) is 0 Å². The number of hydrogen-bond acceptors (Lipinski definition) is 2. The summed E-state index contributed by atoms with van der Waals surface area (Å²) in [6.07, 6.45) is 1.65. The molecule has 0 unspecified atom stereocenters. The molecule has 0 N–H and O–H groups in total. The second-order valence-electron chi connectivity index (χ2n) is 3.98. The molecule has 3 nitrogen and oxygen atoms in total. The molecule has 1 aromatic rings. The van der Waals surface area contributed by atoms with Gasteiger partial charge < -0.3 is 0 Å². The molecule has 0 aromatic carbocycles. The van der Waals surface area contributed by atoms with Gasteiger partial charge in [-0.2, -0.15) is 5.10 Å². The van der Waals surface area contributed by atoms with E-state index in [2.05, 4.69) is 21.0 Å². The predicted molar refractivity (Wildman–Crippen MR) is 54.9 cm³/mol.